The van der Waals surface area contributed by atoms with Gasteiger partial charge in [0, 0.05) is 5.69 Å². The molecule has 0 spiro atoms. The molecule has 2 N–H and O–H groups in total. The van der Waals surface area contributed by atoms with Gasteiger partial charge in [-0.25, -0.2) is 0 Å². The summed E-state index contributed by atoms with van der Waals surface area (Å²) in [5.41, 5.74) is 9.05. The highest BCUT2D eigenvalue weighted by Gasteiger charge is 2.36. The van der Waals surface area contributed by atoms with Gasteiger partial charge in [-0.15, -0.1) is 0 Å². The summed E-state index contributed by atoms with van der Waals surface area (Å²) in [6.45, 7) is 2.36. The predicted octanol–water partition coefficient (Wildman–Crippen LogP) is 2.63. The Morgan fingerprint density at radius 3 is 2.24 bits per heavy atom. The molecule has 0 saturated heterocycles. The minimum Gasteiger partial charge on any atom is -0.398 e. The lowest BCUT2D eigenvalue weighted by Gasteiger charge is -2.14. The zero-order valence-corrected chi connectivity index (χ0v) is 11.8. The van der Waals surface area contributed by atoms with Crippen LogP contribution >= 0.6 is 0 Å². The van der Waals surface area contributed by atoms with Gasteiger partial charge in [-0.05, 0) is 29.7 Å². The van der Waals surface area contributed by atoms with Gasteiger partial charge in [0.2, 0.25) is 0 Å². The number of nitrogens with zero attached hydrogens (tertiary/aromatic N) is 1. The van der Waals surface area contributed by atoms with E-state index in [0.29, 0.717) is 16.8 Å². The molecule has 2 amide bonds. The van der Waals surface area contributed by atoms with Crippen molar-refractivity contribution in [3.05, 3.63) is 64.7 Å². The SMILES string of the molecule is CCc1ccc(CN2C(=O)c3cccc(N)c3C2=O)cc1. The van der Waals surface area contributed by atoms with Crippen LogP contribution in [-0.4, -0.2) is 16.7 Å². The van der Waals surface area contributed by atoms with Crippen LogP contribution in [-0.2, 0) is 13.0 Å². The van der Waals surface area contributed by atoms with Crippen molar-refractivity contribution in [2.45, 2.75) is 19.9 Å². The van der Waals surface area contributed by atoms with Crippen molar-refractivity contribution in [2.75, 3.05) is 5.73 Å². The minimum absolute atomic E-state index is 0.274. The van der Waals surface area contributed by atoms with Gasteiger partial charge in [0.05, 0.1) is 17.7 Å². The third-order valence-electron chi connectivity index (χ3n) is 3.80. The molecule has 4 heteroatoms. The van der Waals surface area contributed by atoms with Crippen LogP contribution in [0.15, 0.2) is 42.5 Å². The quantitative estimate of drug-likeness (QED) is 0.694. The number of imide groups is 1. The highest BCUT2D eigenvalue weighted by molar-refractivity contribution is 6.23. The van der Waals surface area contributed by atoms with Crippen molar-refractivity contribution in [2.24, 2.45) is 0 Å². The van der Waals surface area contributed by atoms with Gasteiger partial charge in [-0.3, -0.25) is 14.5 Å². The summed E-state index contributed by atoms with van der Waals surface area (Å²) in [6, 6.07) is 12.9. The molecule has 106 valence electrons. The summed E-state index contributed by atoms with van der Waals surface area (Å²) in [5, 5.41) is 0. The molecule has 0 aliphatic carbocycles. The van der Waals surface area contributed by atoms with Crippen LogP contribution in [0.5, 0.6) is 0 Å². The Morgan fingerprint density at radius 2 is 1.62 bits per heavy atom. The first kappa shape index (κ1) is 13.4. The van der Waals surface area contributed by atoms with E-state index in [4.69, 9.17) is 5.73 Å². The van der Waals surface area contributed by atoms with E-state index in [-0.39, 0.29) is 18.4 Å². The number of benzene rings is 2. The first-order chi connectivity index (χ1) is 10.1. The Balaban J connectivity index is 1.89. The van der Waals surface area contributed by atoms with E-state index >= 15 is 0 Å². The third kappa shape index (κ3) is 2.18. The third-order valence-corrected chi connectivity index (χ3v) is 3.80. The van der Waals surface area contributed by atoms with Crippen molar-refractivity contribution in [1.29, 1.82) is 0 Å². The minimum atomic E-state index is -0.312. The van der Waals surface area contributed by atoms with Crippen molar-refractivity contribution in [3.8, 4) is 0 Å². The smallest absolute Gasteiger partial charge is 0.263 e. The summed E-state index contributed by atoms with van der Waals surface area (Å²) < 4.78 is 0. The molecule has 21 heavy (non-hydrogen) atoms. The number of hydrogen-bond donors (Lipinski definition) is 1. The number of carbonyl (C=O) groups excluding carboxylic acids is 2. The van der Waals surface area contributed by atoms with Crippen LogP contribution in [0.4, 0.5) is 5.69 Å². The molecule has 0 atom stereocenters. The zero-order chi connectivity index (χ0) is 15.0. The van der Waals surface area contributed by atoms with E-state index in [1.807, 2.05) is 24.3 Å². The Hall–Kier alpha value is -2.62. The van der Waals surface area contributed by atoms with Gasteiger partial charge >= 0.3 is 0 Å². The predicted molar refractivity (Wildman–Crippen MR) is 80.9 cm³/mol. The molecular weight excluding hydrogens is 264 g/mol. The molecule has 0 unspecified atom stereocenters. The van der Waals surface area contributed by atoms with Gasteiger partial charge in [-0.1, -0.05) is 37.3 Å². The standard InChI is InChI=1S/C17H16N2O2/c1-2-11-6-8-12(9-7-11)10-19-16(20)13-4-3-5-14(18)15(13)17(19)21/h3-9H,2,10,18H2,1H3. The number of anilines is 1. The normalized spacial score (nSPS) is 13.7. The molecule has 1 heterocycles. The number of rotatable bonds is 3. The van der Waals surface area contributed by atoms with Gasteiger partial charge in [0.1, 0.15) is 0 Å². The van der Waals surface area contributed by atoms with E-state index in [1.165, 1.54) is 10.5 Å². The number of nitrogens with two attached hydrogens (primary N) is 1. The zero-order valence-electron chi connectivity index (χ0n) is 11.8. The Labute approximate surface area is 123 Å². The van der Waals surface area contributed by atoms with Crippen molar-refractivity contribution >= 4 is 17.5 Å². The number of nitrogen functional groups attached to an aromatic ring is 1. The van der Waals surface area contributed by atoms with Crippen LogP contribution in [0.25, 0.3) is 0 Å². The highest BCUT2D eigenvalue weighted by atomic mass is 16.2. The second-order valence-electron chi connectivity index (χ2n) is 5.14. The molecule has 0 fully saturated rings. The largest absolute Gasteiger partial charge is 0.398 e. The first-order valence-corrected chi connectivity index (χ1v) is 6.94. The second-order valence-corrected chi connectivity index (χ2v) is 5.14. The lowest BCUT2D eigenvalue weighted by Crippen LogP contribution is -2.29. The van der Waals surface area contributed by atoms with Crippen LogP contribution in [0.2, 0.25) is 0 Å². The summed E-state index contributed by atoms with van der Waals surface area (Å²) in [6.07, 6.45) is 0.962. The second kappa shape index (κ2) is 5.05. The van der Waals surface area contributed by atoms with E-state index < -0.39 is 0 Å². The molecule has 2 aromatic carbocycles. The van der Waals surface area contributed by atoms with Gasteiger partial charge in [0.15, 0.2) is 0 Å². The van der Waals surface area contributed by atoms with Gasteiger partial charge < -0.3 is 5.73 Å². The molecule has 0 radical (unpaired) electrons. The number of carbonyl (C=O) groups is 2. The molecular formula is C17H16N2O2. The Morgan fingerprint density at radius 1 is 0.952 bits per heavy atom. The maximum atomic E-state index is 12.4. The van der Waals surface area contributed by atoms with E-state index in [2.05, 4.69) is 6.92 Å². The molecule has 2 aromatic rings. The summed E-state index contributed by atoms with van der Waals surface area (Å²) in [4.78, 5) is 26.0. The van der Waals surface area contributed by atoms with Crippen LogP contribution in [0.1, 0.15) is 38.8 Å². The van der Waals surface area contributed by atoms with E-state index in [0.717, 1.165) is 12.0 Å². The monoisotopic (exact) mass is 280 g/mol. The Bertz CT molecular complexity index is 720. The number of hydrogen-bond acceptors (Lipinski definition) is 3. The average Bonchev–Trinajstić information content (AvgIpc) is 2.74. The molecule has 1 aliphatic heterocycles. The fourth-order valence-corrected chi connectivity index (χ4v) is 2.57. The molecule has 1 aliphatic rings. The van der Waals surface area contributed by atoms with Gasteiger partial charge in [-0.2, -0.15) is 0 Å². The number of amides is 2. The maximum absolute atomic E-state index is 12.4. The summed E-state index contributed by atoms with van der Waals surface area (Å²) in [7, 11) is 0. The van der Waals surface area contributed by atoms with E-state index in [9.17, 15) is 9.59 Å². The number of aryl methyl sites for hydroxylation is 1. The molecule has 0 saturated carbocycles. The topological polar surface area (TPSA) is 63.4 Å². The summed E-state index contributed by atoms with van der Waals surface area (Å²) >= 11 is 0. The summed E-state index contributed by atoms with van der Waals surface area (Å²) in [5.74, 6) is -0.588. The van der Waals surface area contributed by atoms with E-state index in [1.54, 1.807) is 18.2 Å². The molecule has 4 nitrogen and oxygen atoms in total. The Kier molecular flexibility index (Phi) is 3.22. The number of fused-ring (bicyclic) bond motifs is 1. The molecule has 0 aromatic heterocycles. The molecule has 0 bridgehead atoms. The average molecular weight is 280 g/mol. The highest BCUT2D eigenvalue weighted by Crippen LogP contribution is 2.28. The van der Waals surface area contributed by atoms with Gasteiger partial charge in [0.25, 0.3) is 11.8 Å². The fraction of sp³-hybridized carbons (Fsp3) is 0.176. The lowest BCUT2D eigenvalue weighted by atomic mass is 10.1. The molecule has 3 rings (SSSR count). The van der Waals surface area contributed by atoms with Crippen molar-refractivity contribution in [3.63, 3.8) is 0 Å². The van der Waals surface area contributed by atoms with Crippen molar-refractivity contribution < 1.29 is 9.59 Å². The van der Waals surface area contributed by atoms with Crippen molar-refractivity contribution in [1.82, 2.24) is 4.90 Å². The van der Waals surface area contributed by atoms with Crippen LogP contribution in [0.3, 0.4) is 0 Å². The lowest BCUT2D eigenvalue weighted by molar-refractivity contribution is 0.0642. The fourth-order valence-electron chi connectivity index (χ4n) is 2.57. The maximum Gasteiger partial charge on any atom is 0.263 e. The van der Waals surface area contributed by atoms with Crippen LogP contribution in [0, 0.1) is 0 Å². The van der Waals surface area contributed by atoms with Crippen LogP contribution < -0.4 is 5.73 Å². The first-order valence-electron chi connectivity index (χ1n) is 6.94.